The molecule has 0 bridgehead atoms. The third-order valence-corrected chi connectivity index (χ3v) is 3.57. The minimum atomic E-state index is -0.234. The molecule has 84 valence electrons. The van der Waals surface area contributed by atoms with E-state index in [0.29, 0.717) is 5.92 Å². The first-order valence-corrected chi connectivity index (χ1v) is 6.45. The van der Waals surface area contributed by atoms with Crippen molar-refractivity contribution >= 4 is 0 Å². The van der Waals surface area contributed by atoms with Crippen LogP contribution in [0.15, 0.2) is 0 Å². The Labute approximate surface area is 88.9 Å². The predicted octanol–water partition coefficient (Wildman–Crippen LogP) is 3.90. The van der Waals surface area contributed by atoms with E-state index < -0.39 is 0 Å². The van der Waals surface area contributed by atoms with Gasteiger partial charge in [0.1, 0.15) is 0 Å². The maximum absolute atomic E-state index is 10.1. The molecular weight excluding hydrogens is 172 g/mol. The monoisotopic (exact) mass is 198 g/mol. The van der Waals surface area contributed by atoms with Crippen LogP contribution < -0.4 is 0 Å². The summed E-state index contributed by atoms with van der Waals surface area (Å²) in [5, 5.41) is 10.1. The lowest BCUT2D eigenvalue weighted by molar-refractivity contribution is 0.116. The van der Waals surface area contributed by atoms with Gasteiger partial charge in [0, 0.05) is 0 Å². The number of hydrogen-bond donors (Lipinski definition) is 1. The molecule has 0 aromatic rings. The molecule has 1 nitrogen and oxygen atoms in total. The lowest BCUT2D eigenvalue weighted by Crippen LogP contribution is -2.10. The summed E-state index contributed by atoms with van der Waals surface area (Å²) >= 11 is 0. The molecule has 0 amide bonds. The zero-order valence-corrected chi connectivity index (χ0v) is 9.89. The Hall–Kier alpha value is -0.0400. The summed E-state index contributed by atoms with van der Waals surface area (Å²) in [4.78, 5) is 0. The normalized spacial score (nSPS) is 30.6. The van der Waals surface area contributed by atoms with E-state index in [0.717, 1.165) is 12.8 Å². The maximum Gasteiger partial charge on any atom is 0.0680 e. The fourth-order valence-corrected chi connectivity index (χ4v) is 2.35. The van der Waals surface area contributed by atoms with Crippen LogP contribution in [0.1, 0.15) is 71.6 Å². The van der Waals surface area contributed by atoms with Crippen molar-refractivity contribution < 1.29 is 5.11 Å². The van der Waals surface area contributed by atoms with Crippen molar-refractivity contribution in [2.45, 2.75) is 77.2 Å². The van der Waals surface area contributed by atoms with E-state index in [1.165, 1.54) is 44.9 Å². The summed E-state index contributed by atoms with van der Waals surface area (Å²) in [6.07, 6.45) is 11.2. The van der Waals surface area contributed by atoms with E-state index in [1.807, 2.05) is 0 Å². The molecule has 1 rings (SSSR count). The van der Waals surface area contributed by atoms with Gasteiger partial charge in [-0.1, -0.05) is 52.4 Å². The lowest BCUT2D eigenvalue weighted by atomic mass is 10.0. The van der Waals surface area contributed by atoms with Gasteiger partial charge in [-0.2, -0.15) is 0 Å². The van der Waals surface area contributed by atoms with Gasteiger partial charge in [0.25, 0.3) is 0 Å². The minimum Gasteiger partial charge on any atom is -0.390 e. The van der Waals surface area contributed by atoms with Gasteiger partial charge in [-0.15, -0.1) is 0 Å². The molecule has 0 aliphatic heterocycles. The lowest BCUT2D eigenvalue weighted by Gasteiger charge is -2.09. The standard InChI is InChI=1S/C13H26O/c1-3-5-7-8-9-12-11-13(12,14)10-6-4-2/h12,14H,3-11H2,1-2H3/t12-,13+/m1/s1. The molecule has 0 saturated heterocycles. The van der Waals surface area contributed by atoms with Gasteiger partial charge < -0.3 is 5.11 Å². The highest BCUT2D eigenvalue weighted by Gasteiger charge is 2.50. The fourth-order valence-electron chi connectivity index (χ4n) is 2.35. The summed E-state index contributed by atoms with van der Waals surface area (Å²) in [6, 6.07) is 0. The molecule has 1 N–H and O–H groups in total. The van der Waals surface area contributed by atoms with Crippen LogP contribution in [0.2, 0.25) is 0 Å². The average Bonchev–Trinajstić information content (AvgIpc) is 2.82. The van der Waals surface area contributed by atoms with Crippen LogP contribution in [0.25, 0.3) is 0 Å². The summed E-state index contributed by atoms with van der Waals surface area (Å²) in [5.41, 5.74) is -0.234. The summed E-state index contributed by atoms with van der Waals surface area (Å²) < 4.78 is 0. The van der Waals surface area contributed by atoms with Gasteiger partial charge in [0.2, 0.25) is 0 Å². The van der Waals surface area contributed by atoms with E-state index in [2.05, 4.69) is 13.8 Å². The Kier molecular flexibility index (Phi) is 4.94. The second kappa shape index (κ2) is 5.75. The van der Waals surface area contributed by atoms with Gasteiger partial charge in [-0.05, 0) is 25.2 Å². The quantitative estimate of drug-likeness (QED) is 0.586. The molecule has 14 heavy (non-hydrogen) atoms. The average molecular weight is 198 g/mol. The Balaban J connectivity index is 2.00. The van der Waals surface area contributed by atoms with Crippen LogP contribution in [0.3, 0.4) is 0 Å². The van der Waals surface area contributed by atoms with Gasteiger partial charge in [-0.25, -0.2) is 0 Å². The van der Waals surface area contributed by atoms with Crippen molar-refractivity contribution in [3.8, 4) is 0 Å². The summed E-state index contributed by atoms with van der Waals surface area (Å²) in [7, 11) is 0. The van der Waals surface area contributed by atoms with E-state index in [1.54, 1.807) is 0 Å². The van der Waals surface area contributed by atoms with Gasteiger partial charge in [-0.3, -0.25) is 0 Å². The Morgan fingerprint density at radius 2 is 1.79 bits per heavy atom. The molecule has 0 heterocycles. The number of aliphatic hydroxyl groups is 1. The molecule has 0 aromatic carbocycles. The highest BCUT2D eigenvalue weighted by molar-refractivity contribution is 5.02. The van der Waals surface area contributed by atoms with Crippen LogP contribution in [0, 0.1) is 5.92 Å². The smallest absolute Gasteiger partial charge is 0.0680 e. The molecule has 0 spiro atoms. The topological polar surface area (TPSA) is 20.2 Å². The van der Waals surface area contributed by atoms with Gasteiger partial charge in [0.15, 0.2) is 0 Å². The fraction of sp³-hybridized carbons (Fsp3) is 1.00. The van der Waals surface area contributed by atoms with Gasteiger partial charge >= 0.3 is 0 Å². The molecule has 2 atom stereocenters. The van der Waals surface area contributed by atoms with Gasteiger partial charge in [0.05, 0.1) is 5.60 Å². The van der Waals surface area contributed by atoms with Crippen molar-refractivity contribution in [1.82, 2.24) is 0 Å². The van der Waals surface area contributed by atoms with Crippen molar-refractivity contribution in [3.05, 3.63) is 0 Å². The van der Waals surface area contributed by atoms with Crippen LogP contribution in [0.5, 0.6) is 0 Å². The summed E-state index contributed by atoms with van der Waals surface area (Å²) in [5.74, 6) is 0.644. The van der Waals surface area contributed by atoms with Crippen LogP contribution >= 0.6 is 0 Å². The molecule has 1 heteroatoms. The molecule has 0 radical (unpaired) electrons. The molecule has 1 saturated carbocycles. The van der Waals surface area contributed by atoms with E-state index in [-0.39, 0.29) is 5.60 Å². The molecular formula is C13H26O. The second-order valence-corrected chi connectivity index (χ2v) is 4.96. The van der Waals surface area contributed by atoms with Crippen LogP contribution in [-0.2, 0) is 0 Å². The first-order chi connectivity index (χ1) is 6.73. The molecule has 0 unspecified atom stereocenters. The molecule has 1 fully saturated rings. The SMILES string of the molecule is CCCCCC[C@@H]1C[C@@]1(O)CCCC. The number of unbranched alkanes of at least 4 members (excludes halogenated alkanes) is 4. The number of rotatable bonds is 8. The Morgan fingerprint density at radius 1 is 1.07 bits per heavy atom. The molecule has 1 aliphatic rings. The summed E-state index contributed by atoms with van der Waals surface area (Å²) in [6.45, 7) is 4.44. The second-order valence-electron chi connectivity index (χ2n) is 4.96. The van der Waals surface area contributed by atoms with E-state index in [9.17, 15) is 5.11 Å². The van der Waals surface area contributed by atoms with Crippen LogP contribution in [-0.4, -0.2) is 10.7 Å². The molecule has 0 aromatic heterocycles. The largest absolute Gasteiger partial charge is 0.390 e. The van der Waals surface area contributed by atoms with Crippen LogP contribution in [0.4, 0.5) is 0 Å². The maximum atomic E-state index is 10.1. The first kappa shape index (κ1) is 12.0. The third-order valence-electron chi connectivity index (χ3n) is 3.57. The van der Waals surface area contributed by atoms with Crippen molar-refractivity contribution in [2.24, 2.45) is 5.92 Å². The minimum absolute atomic E-state index is 0.234. The van der Waals surface area contributed by atoms with Crippen molar-refractivity contribution in [1.29, 1.82) is 0 Å². The van der Waals surface area contributed by atoms with Crippen molar-refractivity contribution in [3.63, 3.8) is 0 Å². The first-order valence-electron chi connectivity index (χ1n) is 6.45. The third kappa shape index (κ3) is 3.61. The van der Waals surface area contributed by atoms with E-state index >= 15 is 0 Å². The highest BCUT2D eigenvalue weighted by Crippen LogP contribution is 2.49. The Morgan fingerprint density at radius 3 is 2.43 bits per heavy atom. The zero-order chi connectivity index (χ0) is 10.4. The number of hydrogen-bond acceptors (Lipinski definition) is 1. The molecule has 1 aliphatic carbocycles. The zero-order valence-electron chi connectivity index (χ0n) is 9.89. The van der Waals surface area contributed by atoms with Crippen molar-refractivity contribution in [2.75, 3.05) is 0 Å². The predicted molar refractivity (Wildman–Crippen MR) is 61.3 cm³/mol. The Bertz CT molecular complexity index is 155. The highest BCUT2D eigenvalue weighted by atomic mass is 16.3. The van der Waals surface area contributed by atoms with E-state index in [4.69, 9.17) is 0 Å².